The normalized spacial score (nSPS) is 10.1. The molecule has 3 nitrogen and oxygen atoms in total. The molecule has 0 aliphatic heterocycles. The Bertz CT molecular complexity index is 450. The Hall–Kier alpha value is -1.55. The Morgan fingerprint density at radius 1 is 1.36 bits per heavy atom. The molecule has 0 fully saturated rings. The van der Waals surface area contributed by atoms with E-state index in [1.165, 1.54) is 18.3 Å². The lowest BCUT2D eigenvalue weighted by atomic mass is 10.2. The van der Waals surface area contributed by atoms with Crippen LogP contribution in [-0.4, -0.2) is 15.8 Å². The van der Waals surface area contributed by atoms with E-state index in [1.807, 2.05) is 12.1 Å². The van der Waals surface area contributed by atoms with Gasteiger partial charge < -0.3 is 0 Å². The Morgan fingerprint density at radius 2 is 2.07 bits per heavy atom. The van der Waals surface area contributed by atoms with Crippen LogP contribution in [0.2, 0.25) is 0 Å². The highest BCUT2D eigenvalue weighted by Gasteiger charge is 2.06. The maximum atomic E-state index is 11.0. The van der Waals surface area contributed by atoms with Gasteiger partial charge in [0.25, 0.3) is 0 Å². The van der Waals surface area contributed by atoms with Gasteiger partial charge in [0.1, 0.15) is 0 Å². The average Bonchev–Trinajstić information content (AvgIpc) is 2.68. The Labute approximate surface area is 85.5 Å². The topological polar surface area (TPSA) is 42.9 Å². The highest BCUT2D eigenvalue weighted by atomic mass is 32.1. The number of aromatic nitrogens is 2. The number of Topliss-reactive ketones (excluding diaryl/α,β-unsaturated/α-hetero) is 1. The van der Waals surface area contributed by atoms with Gasteiger partial charge in [0.05, 0.1) is 4.88 Å². The van der Waals surface area contributed by atoms with Gasteiger partial charge in [-0.2, -0.15) is 0 Å². The summed E-state index contributed by atoms with van der Waals surface area (Å²) in [5.74, 6) is 0.00954. The van der Waals surface area contributed by atoms with Crippen molar-refractivity contribution < 1.29 is 4.79 Å². The molecule has 0 saturated heterocycles. The number of thiazole rings is 1. The van der Waals surface area contributed by atoms with Crippen LogP contribution < -0.4 is 0 Å². The molecule has 0 aromatic carbocycles. The predicted molar refractivity (Wildman–Crippen MR) is 55.3 cm³/mol. The average molecular weight is 204 g/mol. The van der Waals surface area contributed by atoms with Crippen LogP contribution >= 0.6 is 11.3 Å². The molecule has 0 aliphatic rings. The molecular formula is C10H8N2OS. The molecule has 0 unspecified atom stereocenters. The van der Waals surface area contributed by atoms with Gasteiger partial charge in [-0.25, -0.2) is 4.98 Å². The first-order valence-electron chi connectivity index (χ1n) is 4.14. The van der Waals surface area contributed by atoms with Gasteiger partial charge in [-0.05, 0) is 17.7 Å². The molecule has 4 heteroatoms. The molecule has 2 aromatic heterocycles. The minimum Gasteiger partial charge on any atom is -0.292 e. The maximum absolute atomic E-state index is 11.0. The van der Waals surface area contributed by atoms with Gasteiger partial charge in [0, 0.05) is 25.5 Å². The highest BCUT2D eigenvalue weighted by Crippen LogP contribution is 2.25. The monoisotopic (exact) mass is 204 g/mol. The van der Waals surface area contributed by atoms with E-state index in [4.69, 9.17) is 0 Å². The molecule has 70 valence electrons. The quantitative estimate of drug-likeness (QED) is 0.705. The second kappa shape index (κ2) is 3.67. The number of carbonyl (C=O) groups excluding carboxylic acids is 1. The molecule has 0 amide bonds. The van der Waals surface area contributed by atoms with Crippen molar-refractivity contribution in [2.24, 2.45) is 0 Å². The van der Waals surface area contributed by atoms with E-state index in [-0.39, 0.29) is 5.78 Å². The lowest BCUT2D eigenvalue weighted by Crippen LogP contribution is -1.87. The van der Waals surface area contributed by atoms with Crippen LogP contribution in [-0.2, 0) is 0 Å². The third kappa shape index (κ3) is 1.70. The van der Waals surface area contributed by atoms with Crippen molar-refractivity contribution in [1.82, 2.24) is 9.97 Å². The van der Waals surface area contributed by atoms with Crippen molar-refractivity contribution >= 4 is 17.1 Å². The van der Waals surface area contributed by atoms with E-state index in [2.05, 4.69) is 9.97 Å². The van der Waals surface area contributed by atoms with E-state index in [0.29, 0.717) is 5.01 Å². The summed E-state index contributed by atoms with van der Waals surface area (Å²) >= 11 is 1.41. The number of hydrogen-bond donors (Lipinski definition) is 0. The summed E-state index contributed by atoms with van der Waals surface area (Å²) in [6, 6.07) is 3.80. The largest absolute Gasteiger partial charge is 0.292 e. The van der Waals surface area contributed by atoms with Gasteiger partial charge in [0.15, 0.2) is 10.8 Å². The lowest BCUT2D eigenvalue weighted by Gasteiger charge is -1.92. The summed E-state index contributed by atoms with van der Waals surface area (Å²) < 4.78 is 0. The SMILES string of the molecule is CC(=O)c1ncc(-c2ccncc2)s1. The zero-order valence-electron chi connectivity index (χ0n) is 7.60. The molecule has 0 atom stereocenters. The zero-order valence-corrected chi connectivity index (χ0v) is 8.41. The second-order valence-corrected chi connectivity index (χ2v) is 3.85. The number of nitrogens with zero attached hydrogens (tertiary/aromatic N) is 2. The first-order valence-corrected chi connectivity index (χ1v) is 4.96. The molecule has 2 rings (SSSR count). The molecule has 0 spiro atoms. The lowest BCUT2D eigenvalue weighted by molar-refractivity contribution is 0.101. The fraction of sp³-hybridized carbons (Fsp3) is 0.100. The van der Waals surface area contributed by atoms with Crippen molar-refractivity contribution in [3.63, 3.8) is 0 Å². The summed E-state index contributed by atoms with van der Waals surface area (Å²) in [5, 5.41) is 0.553. The second-order valence-electron chi connectivity index (χ2n) is 2.82. The Morgan fingerprint density at radius 3 is 2.64 bits per heavy atom. The Balaban J connectivity index is 2.39. The third-order valence-electron chi connectivity index (χ3n) is 1.77. The van der Waals surface area contributed by atoms with Gasteiger partial charge in [-0.15, -0.1) is 11.3 Å². The molecule has 2 heterocycles. The van der Waals surface area contributed by atoms with Crippen LogP contribution in [0.1, 0.15) is 16.7 Å². The van der Waals surface area contributed by atoms with Gasteiger partial charge >= 0.3 is 0 Å². The van der Waals surface area contributed by atoms with E-state index in [9.17, 15) is 4.79 Å². The number of ketones is 1. The standard InChI is InChI=1S/C10H8N2OS/c1-7(13)10-12-6-9(14-10)8-2-4-11-5-3-8/h2-6H,1H3. The summed E-state index contributed by atoms with van der Waals surface area (Å²) in [7, 11) is 0. The summed E-state index contributed by atoms with van der Waals surface area (Å²) in [6.45, 7) is 1.52. The third-order valence-corrected chi connectivity index (χ3v) is 2.92. The first kappa shape index (κ1) is 9.02. The number of carbonyl (C=O) groups is 1. The van der Waals surface area contributed by atoms with Crippen molar-refractivity contribution in [3.8, 4) is 10.4 Å². The molecule has 0 bridgehead atoms. The van der Waals surface area contributed by atoms with Gasteiger partial charge in [-0.1, -0.05) is 0 Å². The summed E-state index contributed by atoms with van der Waals surface area (Å²) in [6.07, 6.45) is 5.17. The first-order chi connectivity index (χ1) is 6.77. The Kier molecular flexibility index (Phi) is 2.37. The van der Waals surface area contributed by atoms with Crippen molar-refractivity contribution in [1.29, 1.82) is 0 Å². The predicted octanol–water partition coefficient (Wildman–Crippen LogP) is 2.41. The van der Waals surface area contributed by atoms with Crippen molar-refractivity contribution in [2.45, 2.75) is 6.92 Å². The van der Waals surface area contributed by atoms with Gasteiger partial charge in [-0.3, -0.25) is 9.78 Å². The summed E-state index contributed by atoms with van der Waals surface area (Å²) in [4.78, 5) is 20.0. The van der Waals surface area contributed by atoms with Crippen LogP contribution in [0.15, 0.2) is 30.7 Å². The van der Waals surface area contributed by atoms with E-state index in [0.717, 1.165) is 10.4 Å². The maximum Gasteiger partial charge on any atom is 0.188 e. The van der Waals surface area contributed by atoms with Crippen molar-refractivity contribution in [2.75, 3.05) is 0 Å². The fourth-order valence-electron chi connectivity index (χ4n) is 1.09. The molecule has 0 aliphatic carbocycles. The number of pyridine rings is 1. The number of hydrogen-bond acceptors (Lipinski definition) is 4. The number of rotatable bonds is 2. The molecule has 0 saturated carbocycles. The van der Waals surface area contributed by atoms with Crippen LogP contribution in [0.25, 0.3) is 10.4 Å². The molecular weight excluding hydrogens is 196 g/mol. The molecule has 2 aromatic rings. The fourth-order valence-corrected chi connectivity index (χ4v) is 1.90. The van der Waals surface area contributed by atoms with Crippen LogP contribution in [0, 0.1) is 0 Å². The zero-order chi connectivity index (χ0) is 9.97. The van der Waals surface area contributed by atoms with Gasteiger partial charge in [0.2, 0.25) is 0 Å². The van der Waals surface area contributed by atoms with Crippen LogP contribution in [0.3, 0.4) is 0 Å². The minimum absolute atomic E-state index is 0.00954. The van der Waals surface area contributed by atoms with Crippen LogP contribution in [0.5, 0.6) is 0 Å². The van der Waals surface area contributed by atoms with Crippen molar-refractivity contribution in [3.05, 3.63) is 35.7 Å². The molecule has 0 N–H and O–H groups in total. The van der Waals surface area contributed by atoms with E-state index in [1.54, 1.807) is 18.6 Å². The van der Waals surface area contributed by atoms with E-state index < -0.39 is 0 Å². The molecule has 0 radical (unpaired) electrons. The summed E-state index contributed by atoms with van der Waals surface area (Å²) in [5.41, 5.74) is 1.05. The van der Waals surface area contributed by atoms with Crippen LogP contribution in [0.4, 0.5) is 0 Å². The highest BCUT2D eigenvalue weighted by molar-refractivity contribution is 7.16. The molecule has 14 heavy (non-hydrogen) atoms. The minimum atomic E-state index is 0.00954. The van der Waals surface area contributed by atoms with E-state index >= 15 is 0 Å². The smallest absolute Gasteiger partial charge is 0.188 e.